The summed E-state index contributed by atoms with van der Waals surface area (Å²) in [6.45, 7) is 8.82. The van der Waals surface area contributed by atoms with E-state index in [9.17, 15) is 4.89 Å². The molecule has 0 heterocycles. The molecule has 0 saturated carbocycles. The first-order chi connectivity index (χ1) is 14.4. The van der Waals surface area contributed by atoms with Crippen molar-refractivity contribution in [3.8, 4) is 0 Å². The zero-order valence-corrected chi connectivity index (χ0v) is 19.3. The van der Waals surface area contributed by atoms with E-state index in [2.05, 4.69) is 79.4 Å². The van der Waals surface area contributed by atoms with Crippen LogP contribution < -0.4 is 4.90 Å². The van der Waals surface area contributed by atoms with Crippen molar-refractivity contribution >= 4 is 25.0 Å². The summed E-state index contributed by atoms with van der Waals surface area (Å²) >= 11 is 0. The van der Waals surface area contributed by atoms with Crippen LogP contribution in [0.4, 0.5) is 17.1 Å². The monoisotopic (exact) mass is 425 g/mol. The molecule has 1 N–H and O–H groups in total. The second kappa shape index (κ2) is 10.2. The Morgan fingerprint density at radius 2 is 1.03 bits per heavy atom. The molecular weight excluding hydrogens is 393 g/mol. The van der Waals surface area contributed by atoms with Gasteiger partial charge in [-0.15, -0.1) is 0 Å². The number of rotatable bonds is 9. The second-order valence-electron chi connectivity index (χ2n) is 7.43. The second-order valence-corrected chi connectivity index (χ2v) is 9.78. The zero-order chi connectivity index (χ0) is 21.6. The Hall–Kier alpha value is -2.23. The minimum atomic E-state index is -3.19. The summed E-state index contributed by atoms with van der Waals surface area (Å²) in [7, 11) is -3.19. The SMILES string of the molecule is CCO[PH](O)(Cc1ccc(N(c2ccc(C)cc2)c2ccc(C)cc2)cc1)OCC. The van der Waals surface area contributed by atoms with Crippen molar-refractivity contribution in [1.29, 1.82) is 0 Å². The van der Waals surface area contributed by atoms with Gasteiger partial charge in [-0.05, 0) is 0 Å². The van der Waals surface area contributed by atoms with Crippen LogP contribution in [-0.2, 0) is 15.2 Å². The first-order valence-electron chi connectivity index (χ1n) is 10.5. The summed E-state index contributed by atoms with van der Waals surface area (Å²) < 4.78 is 11.1. The van der Waals surface area contributed by atoms with Crippen LogP contribution in [0.25, 0.3) is 0 Å². The van der Waals surface area contributed by atoms with Crippen LogP contribution in [0.15, 0.2) is 72.8 Å². The van der Waals surface area contributed by atoms with Crippen molar-refractivity contribution in [2.24, 2.45) is 0 Å². The Bertz CT molecular complexity index is 873. The van der Waals surface area contributed by atoms with Crippen LogP contribution >= 0.6 is 7.94 Å². The molecule has 160 valence electrons. The summed E-state index contributed by atoms with van der Waals surface area (Å²) in [6, 6.07) is 25.3. The molecule has 3 aromatic carbocycles. The molecule has 0 atom stereocenters. The molecule has 0 aliphatic rings. The van der Waals surface area contributed by atoms with E-state index in [1.54, 1.807) is 0 Å². The third kappa shape index (κ3) is 5.68. The fourth-order valence-corrected chi connectivity index (χ4v) is 5.39. The Morgan fingerprint density at radius 1 is 0.667 bits per heavy atom. The molecule has 0 bridgehead atoms. The van der Waals surface area contributed by atoms with Gasteiger partial charge in [0.1, 0.15) is 0 Å². The number of hydrogen-bond acceptors (Lipinski definition) is 4. The predicted molar refractivity (Wildman–Crippen MR) is 128 cm³/mol. The molecule has 30 heavy (non-hydrogen) atoms. The van der Waals surface area contributed by atoms with Gasteiger partial charge in [-0.25, -0.2) is 0 Å². The maximum atomic E-state index is 10.7. The van der Waals surface area contributed by atoms with E-state index < -0.39 is 7.94 Å². The van der Waals surface area contributed by atoms with E-state index in [-0.39, 0.29) is 0 Å². The fraction of sp³-hybridized carbons (Fsp3) is 0.280. The first kappa shape index (κ1) is 22.5. The molecule has 0 radical (unpaired) electrons. The number of aryl methyl sites for hydroxylation is 2. The summed E-state index contributed by atoms with van der Waals surface area (Å²) in [6.07, 6.45) is 0.407. The van der Waals surface area contributed by atoms with Gasteiger partial charge in [-0.2, -0.15) is 0 Å². The van der Waals surface area contributed by atoms with Gasteiger partial charge in [0.2, 0.25) is 0 Å². The summed E-state index contributed by atoms with van der Waals surface area (Å²) in [5, 5.41) is 0. The topological polar surface area (TPSA) is 41.9 Å². The number of nitrogens with zero attached hydrogens (tertiary/aromatic N) is 1. The van der Waals surface area contributed by atoms with E-state index in [0.717, 1.165) is 22.6 Å². The molecule has 3 rings (SSSR count). The molecule has 0 aliphatic carbocycles. The quantitative estimate of drug-likeness (QED) is 0.381. The van der Waals surface area contributed by atoms with Gasteiger partial charge in [0.15, 0.2) is 0 Å². The number of hydrogen-bond donors (Lipinski definition) is 1. The van der Waals surface area contributed by atoms with Crippen molar-refractivity contribution < 1.29 is 13.9 Å². The standard InChI is InChI=1S/C25H32NO3P/c1-5-28-30(27,29-6-2)19-22-11-17-25(18-12-22)26(23-13-7-20(3)8-14-23)24-15-9-21(4)10-16-24/h7-18,27,30H,5-6,19H2,1-4H3. The van der Waals surface area contributed by atoms with Gasteiger partial charge in [0.05, 0.1) is 0 Å². The van der Waals surface area contributed by atoms with Crippen LogP contribution in [0, 0.1) is 13.8 Å². The van der Waals surface area contributed by atoms with Gasteiger partial charge in [0.25, 0.3) is 0 Å². The van der Waals surface area contributed by atoms with Crippen LogP contribution in [0.2, 0.25) is 0 Å². The van der Waals surface area contributed by atoms with Crippen LogP contribution in [0.5, 0.6) is 0 Å². The molecule has 0 aliphatic heterocycles. The Labute approximate surface area is 180 Å². The summed E-state index contributed by atoms with van der Waals surface area (Å²) in [5.41, 5.74) is 6.73. The van der Waals surface area contributed by atoms with Gasteiger partial charge in [0, 0.05) is 0 Å². The van der Waals surface area contributed by atoms with Crippen molar-refractivity contribution in [3.63, 3.8) is 0 Å². The number of benzene rings is 3. The van der Waals surface area contributed by atoms with Crippen molar-refractivity contribution in [2.75, 3.05) is 18.1 Å². The van der Waals surface area contributed by atoms with Gasteiger partial charge in [-0.3, -0.25) is 0 Å². The third-order valence-corrected chi connectivity index (χ3v) is 7.28. The van der Waals surface area contributed by atoms with E-state index in [4.69, 9.17) is 9.05 Å². The molecular formula is C25H32NO3P. The molecule has 0 aromatic heterocycles. The molecule has 4 nitrogen and oxygen atoms in total. The Kier molecular flexibility index (Phi) is 7.63. The first-order valence-corrected chi connectivity index (χ1v) is 12.4. The average Bonchev–Trinajstić information content (AvgIpc) is 2.72. The van der Waals surface area contributed by atoms with E-state index in [1.165, 1.54) is 11.1 Å². The Balaban J connectivity index is 1.92. The normalized spacial score (nSPS) is 12.0. The van der Waals surface area contributed by atoms with Crippen molar-refractivity contribution in [1.82, 2.24) is 0 Å². The van der Waals surface area contributed by atoms with Gasteiger partial charge >= 0.3 is 180 Å². The van der Waals surface area contributed by atoms with E-state index >= 15 is 0 Å². The maximum absolute atomic E-state index is 10.7. The fourth-order valence-electron chi connectivity index (χ4n) is 3.45. The minimum absolute atomic E-state index is 0.407. The molecule has 5 heteroatoms. The third-order valence-electron chi connectivity index (χ3n) is 4.95. The summed E-state index contributed by atoms with van der Waals surface area (Å²) in [4.78, 5) is 13.0. The van der Waals surface area contributed by atoms with E-state index in [0.29, 0.717) is 19.4 Å². The van der Waals surface area contributed by atoms with Crippen LogP contribution in [0.3, 0.4) is 0 Å². The molecule has 0 unspecified atom stereocenters. The predicted octanol–water partition coefficient (Wildman–Crippen LogP) is 6.83. The molecule has 0 saturated heterocycles. The van der Waals surface area contributed by atoms with Crippen molar-refractivity contribution in [3.05, 3.63) is 89.5 Å². The number of anilines is 3. The summed E-state index contributed by atoms with van der Waals surface area (Å²) in [5.74, 6) is 0. The van der Waals surface area contributed by atoms with Crippen LogP contribution in [0.1, 0.15) is 30.5 Å². The van der Waals surface area contributed by atoms with E-state index in [1.807, 2.05) is 26.0 Å². The molecule has 3 aromatic rings. The zero-order valence-electron chi connectivity index (χ0n) is 18.3. The van der Waals surface area contributed by atoms with Gasteiger partial charge in [-0.1, -0.05) is 0 Å². The van der Waals surface area contributed by atoms with Gasteiger partial charge < -0.3 is 0 Å². The average molecular weight is 426 g/mol. The Morgan fingerprint density at radius 3 is 1.40 bits per heavy atom. The molecule has 0 fully saturated rings. The molecule has 0 amide bonds. The van der Waals surface area contributed by atoms with Crippen LogP contribution in [-0.4, -0.2) is 18.1 Å². The van der Waals surface area contributed by atoms with Crippen molar-refractivity contribution in [2.45, 2.75) is 33.9 Å². The molecule has 0 spiro atoms.